The van der Waals surface area contributed by atoms with Crippen LogP contribution in [-0.2, 0) is 0 Å². The summed E-state index contributed by atoms with van der Waals surface area (Å²) in [5.74, 6) is 0. The van der Waals surface area contributed by atoms with Crippen LogP contribution in [0.5, 0.6) is 0 Å². The first-order valence-corrected chi connectivity index (χ1v) is 3.96. The molecule has 0 aromatic heterocycles. The van der Waals surface area contributed by atoms with Gasteiger partial charge in [-0.05, 0) is 26.7 Å². The Morgan fingerprint density at radius 3 is 1.56 bits per heavy atom. The molecule has 0 aromatic rings. The lowest BCUT2D eigenvalue weighted by atomic mass is 10.2. The highest BCUT2D eigenvalue weighted by Gasteiger charge is 2.00. The van der Waals surface area contributed by atoms with Gasteiger partial charge in [-0.3, -0.25) is 0 Å². The third kappa shape index (κ3) is 4.46. The zero-order valence-electron chi connectivity index (χ0n) is 7.07. The predicted octanol–water partition coefficient (Wildman–Crippen LogP) is 2.17. The quantitative estimate of drug-likeness (QED) is 0.613. The Balaban J connectivity index is 3.22. The van der Waals surface area contributed by atoms with Crippen LogP contribution >= 0.6 is 0 Å². The van der Waals surface area contributed by atoms with Crippen molar-refractivity contribution in [3.05, 3.63) is 0 Å². The van der Waals surface area contributed by atoms with Crippen molar-refractivity contribution < 1.29 is 0 Å². The second kappa shape index (κ2) is 4.80. The molecule has 2 atom stereocenters. The summed E-state index contributed by atoms with van der Waals surface area (Å²) < 4.78 is 0. The summed E-state index contributed by atoms with van der Waals surface area (Å²) in [7, 11) is 0. The van der Waals surface area contributed by atoms with Crippen molar-refractivity contribution in [1.82, 2.24) is 5.32 Å². The lowest BCUT2D eigenvalue weighted by molar-refractivity contribution is 0.449. The van der Waals surface area contributed by atoms with Crippen LogP contribution < -0.4 is 5.32 Å². The van der Waals surface area contributed by atoms with Gasteiger partial charge in [0.15, 0.2) is 0 Å². The molecule has 0 aliphatic rings. The van der Waals surface area contributed by atoms with E-state index in [0.29, 0.717) is 12.1 Å². The SMILES string of the molecule is CCC(C)NC(C)CC. The Morgan fingerprint density at radius 2 is 1.33 bits per heavy atom. The maximum atomic E-state index is 3.48. The van der Waals surface area contributed by atoms with Gasteiger partial charge in [-0.2, -0.15) is 0 Å². The first kappa shape index (κ1) is 8.96. The van der Waals surface area contributed by atoms with E-state index in [-0.39, 0.29) is 0 Å². The second-order valence-electron chi connectivity index (χ2n) is 2.79. The molecule has 0 rings (SSSR count). The summed E-state index contributed by atoms with van der Waals surface area (Å²) in [6, 6.07) is 1.36. The van der Waals surface area contributed by atoms with Crippen molar-refractivity contribution in [3.63, 3.8) is 0 Å². The molecule has 0 aromatic carbocycles. The molecule has 9 heavy (non-hydrogen) atoms. The number of nitrogens with one attached hydrogen (secondary N) is 1. The van der Waals surface area contributed by atoms with Gasteiger partial charge in [0.25, 0.3) is 0 Å². The van der Waals surface area contributed by atoms with E-state index >= 15 is 0 Å². The molecule has 0 heterocycles. The van der Waals surface area contributed by atoms with Crippen LogP contribution in [0.2, 0.25) is 0 Å². The largest absolute Gasteiger partial charge is 0.312 e. The van der Waals surface area contributed by atoms with E-state index in [1.165, 1.54) is 12.8 Å². The number of hydrogen-bond donors (Lipinski definition) is 1. The molecule has 0 radical (unpaired) electrons. The van der Waals surface area contributed by atoms with Gasteiger partial charge in [-0.1, -0.05) is 13.8 Å². The van der Waals surface area contributed by atoms with Crippen LogP contribution in [0.25, 0.3) is 0 Å². The van der Waals surface area contributed by atoms with E-state index in [4.69, 9.17) is 0 Å². The highest BCUT2D eigenvalue weighted by atomic mass is 14.9. The first-order chi connectivity index (χ1) is 4.20. The lowest BCUT2D eigenvalue weighted by Crippen LogP contribution is -2.33. The van der Waals surface area contributed by atoms with Gasteiger partial charge in [-0.25, -0.2) is 0 Å². The minimum absolute atomic E-state index is 0.681. The van der Waals surface area contributed by atoms with Crippen LogP contribution in [0.15, 0.2) is 0 Å². The summed E-state index contributed by atoms with van der Waals surface area (Å²) in [6.45, 7) is 8.87. The highest BCUT2D eigenvalue weighted by molar-refractivity contribution is 4.63. The van der Waals surface area contributed by atoms with E-state index in [1.807, 2.05) is 0 Å². The van der Waals surface area contributed by atoms with Gasteiger partial charge >= 0.3 is 0 Å². The molecule has 0 fully saturated rings. The predicted molar refractivity (Wildman–Crippen MR) is 42.6 cm³/mol. The normalized spacial score (nSPS) is 17.3. The highest BCUT2D eigenvalue weighted by Crippen LogP contribution is 1.93. The van der Waals surface area contributed by atoms with Gasteiger partial charge in [0.2, 0.25) is 0 Å². The fraction of sp³-hybridized carbons (Fsp3) is 1.00. The van der Waals surface area contributed by atoms with Gasteiger partial charge in [0.1, 0.15) is 0 Å². The maximum Gasteiger partial charge on any atom is 0.00385 e. The topological polar surface area (TPSA) is 12.0 Å². The number of hydrogen-bond acceptors (Lipinski definition) is 1. The van der Waals surface area contributed by atoms with Crippen LogP contribution in [0, 0.1) is 0 Å². The van der Waals surface area contributed by atoms with Crippen molar-refractivity contribution >= 4 is 0 Å². The smallest absolute Gasteiger partial charge is 0.00385 e. The number of rotatable bonds is 4. The summed E-state index contributed by atoms with van der Waals surface area (Å²) in [4.78, 5) is 0. The monoisotopic (exact) mass is 129 g/mol. The molecule has 1 N–H and O–H groups in total. The minimum Gasteiger partial charge on any atom is -0.312 e. The zero-order valence-corrected chi connectivity index (χ0v) is 7.07. The van der Waals surface area contributed by atoms with Crippen molar-refractivity contribution in [2.24, 2.45) is 0 Å². The summed E-state index contributed by atoms with van der Waals surface area (Å²) in [6.07, 6.45) is 2.45. The Bertz CT molecular complexity index is 53.6. The molecular formula is C8H19N. The lowest BCUT2D eigenvalue weighted by Gasteiger charge is -2.16. The minimum atomic E-state index is 0.681. The molecule has 0 aliphatic heterocycles. The van der Waals surface area contributed by atoms with Crippen LogP contribution in [0.3, 0.4) is 0 Å². The molecule has 0 saturated heterocycles. The Kier molecular flexibility index (Phi) is 4.78. The average molecular weight is 129 g/mol. The van der Waals surface area contributed by atoms with Gasteiger partial charge in [0.05, 0.1) is 0 Å². The van der Waals surface area contributed by atoms with Gasteiger partial charge < -0.3 is 5.32 Å². The molecule has 0 spiro atoms. The van der Waals surface area contributed by atoms with Gasteiger partial charge in [0, 0.05) is 12.1 Å². The van der Waals surface area contributed by atoms with E-state index in [2.05, 4.69) is 33.0 Å². The van der Waals surface area contributed by atoms with E-state index < -0.39 is 0 Å². The first-order valence-electron chi connectivity index (χ1n) is 3.96. The van der Waals surface area contributed by atoms with Crippen LogP contribution in [0.1, 0.15) is 40.5 Å². The molecule has 0 amide bonds. The van der Waals surface area contributed by atoms with Crippen molar-refractivity contribution in [3.8, 4) is 0 Å². The second-order valence-corrected chi connectivity index (χ2v) is 2.79. The Morgan fingerprint density at radius 1 is 1.00 bits per heavy atom. The molecular weight excluding hydrogens is 110 g/mol. The van der Waals surface area contributed by atoms with Crippen molar-refractivity contribution in [1.29, 1.82) is 0 Å². The van der Waals surface area contributed by atoms with Crippen LogP contribution in [-0.4, -0.2) is 12.1 Å². The van der Waals surface area contributed by atoms with Crippen LogP contribution in [0.4, 0.5) is 0 Å². The fourth-order valence-electron chi connectivity index (χ4n) is 0.721. The Hall–Kier alpha value is -0.0400. The third-order valence-electron chi connectivity index (χ3n) is 1.79. The third-order valence-corrected chi connectivity index (χ3v) is 1.79. The van der Waals surface area contributed by atoms with E-state index in [9.17, 15) is 0 Å². The van der Waals surface area contributed by atoms with Gasteiger partial charge in [-0.15, -0.1) is 0 Å². The molecule has 1 nitrogen and oxygen atoms in total. The molecule has 0 saturated carbocycles. The maximum absolute atomic E-state index is 3.48. The molecule has 56 valence electrons. The molecule has 0 aliphatic carbocycles. The standard InChI is InChI=1S/C8H19N/c1-5-7(3)9-8(4)6-2/h7-9H,5-6H2,1-4H3. The zero-order chi connectivity index (χ0) is 7.28. The molecule has 0 bridgehead atoms. The molecule has 1 heteroatoms. The average Bonchev–Trinajstić information content (AvgIpc) is 1.87. The van der Waals surface area contributed by atoms with E-state index in [1.54, 1.807) is 0 Å². The summed E-state index contributed by atoms with van der Waals surface area (Å²) in [5, 5.41) is 3.48. The molecule has 2 unspecified atom stereocenters. The van der Waals surface area contributed by atoms with Crippen molar-refractivity contribution in [2.75, 3.05) is 0 Å². The Labute approximate surface area is 58.8 Å². The van der Waals surface area contributed by atoms with Crippen molar-refractivity contribution in [2.45, 2.75) is 52.6 Å². The summed E-state index contributed by atoms with van der Waals surface area (Å²) >= 11 is 0. The fourth-order valence-corrected chi connectivity index (χ4v) is 0.721. The van der Waals surface area contributed by atoms with E-state index in [0.717, 1.165) is 0 Å². The summed E-state index contributed by atoms with van der Waals surface area (Å²) in [5.41, 5.74) is 0.